The van der Waals surface area contributed by atoms with E-state index in [9.17, 15) is 0 Å². The van der Waals surface area contributed by atoms with E-state index in [0.29, 0.717) is 6.04 Å². The lowest BCUT2D eigenvalue weighted by Gasteiger charge is -2.17. The molecule has 0 N–H and O–H groups in total. The first-order valence-electron chi connectivity index (χ1n) is 4.89. The molecule has 1 unspecified atom stereocenters. The minimum Gasteiger partial charge on any atom is -0.367 e. The van der Waals surface area contributed by atoms with Crippen LogP contribution < -0.4 is 4.90 Å². The standard InChI is InChI=1S/C13H15N/c1-5-11-10(3)14(4)13-7-6-9(2)8-12(11)13/h6-8,10H,1H2,2-4H3. The molecule has 0 bridgehead atoms. The highest BCUT2D eigenvalue weighted by atomic mass is 15.2. The van der Waals surface area contributed by atoms with Crippen molar-refractivity contribution >= 4 is 11.3 Å². The SMILES string of the molecule is C=C=C1c2cc(C)ccc2N(C)C1C. The van der Waals surface area contributed by atoms with Crippen molar-refractivity contribution < 1.29 is 0 Å². The summed E-state index contributed by atoms with van der Waals surface area (Å²) >= 11 is 0. The van der Waals surface area contributed by atoms with Crippen molar-refractivity contribution in [1.29, 1.82) is 0 Å². The predicted molar refractivity (Wildman–Crippen MR) is 61.6 cm³/mol. The molecule has 0 aliphatic carbocycles. The topological polar surface area (TPSA) is 3.24 Å². The van der Waals surface area contributed by atoms with Crippen LogP contribution >= 0.6 is 0 Å². The summed E-state index contributed by atoms with van der Waals surface area (Å²) in [4.78, 5) is 2.27. The monoisotopic (exact) mass is 185 g/mol. The molecule has 0 amide bonds. The molecule has 1 atom stereocenters. The Morgan fingerprint density at radius 2 is 2.14 bits per heavy atom. The van der Waals surface area contributed by atoms with Crippen LogP contribution in [0.15, 0.2) is 30.5 Å². The predicted octanol–water partition coefficient (Wildman–Crippen LogP) is 3.00. The van der Waals surface area contributed by atoms with Crippen LogP contribution in [0.3, 0.4) is 0 Å². The Balaban J connectivity index is 2.68. The van der Waals surface area contributed by atoms with E-state index in [1.165, 1.54) is 22.4 Å². The molecule has 0 saturated heterocycles. The van der Waals surface area contributed by atoms with Gasteiger partial charge in [0.2, 0.25) is 0 Å². The highest BCUT2D eigenvalue weighted by molar-refractivity contribution is 5.87. The van der Waals surface area contributed by atoms with E-state index in [1.54, 1.807) is 0 Å². The van der Waals surface area contributed by atoms with Gasteiger partial charge in [0.25, 0.3) is 0 Å². The van der Waals surface area contributed by atoms with E-state index in [2.05, 4.69) is 56.3 Å². The third-order valence-corrected chi connectivity index (χ3v) is 3.01. The van der Waals surface area contributed by atoms with Crippen LogP contribution in [0.5, 0.6) is 0 Å². The van der Waals surface area contributed by atoms with Crippen LogP contribution in [-0.4, -0.2) is 13.1 Å². The van der Waals surface area contributed by atoms with Gasteiger partial charge in [-0.1, -0.05) is 18.2 Å². The van der Waals surface area contributed by atoms with E-state index < -0.39 is 0 Å². The van der Waals surface area contributed by atoms with Crippen molar-refractivity contribution in [2.75, 3.05) is 11.9 Å². The molecule has 2 rings (SSSR count). The molecule has 1 aromatic rings. The highest BCUT2D eigenvalue weighted by Gasteiger charge is 2.27. The van der Waals surface area contributed by atoms with Crippen LogP contribution in [0.4, 0.5) is 5.69 Å². The summed E-state index contributed by atoms with van der Waals surface area (Å²) in [6.45, 7) is 8.07. The van der Waals surface area contributed by atoms with Crippen molar-refractivity contribution in [1.82, 2.24) is 0 Å². The van der Waals surface area contributed by atoms with Crippen LogP contribution in [0.25, 0.3) is 5.57 Å². The van der Waals surface area contributed by atoms with Gasteiger partial charge in [-0.15, -0.1) is 5.73 Å². The molecule has 1 aromatic carbocycles. The second-order valence-corrected chi connectivity index (χ2v) is 3.90. The summed E-state index contributed by atoms with van der Waals surface area (Å²) in [7, 11) is 2.11. The Morgan fingerprint density at radius 1 is 1.43 bits per heavy atom. The average Bonchev–Trinajstić information content (AvgIpc) is 2.39. The van der Waals surface area contributed by atoms with Gasteiger partial charge in [-0.05, 0) is 26.0 Å². The number of rotatable bonds is 0. The molecule has 14 heavy (non-hydrogen) atoms. The van der Waals surface area contributed by atoms with Gasteiger partial charge in [0.1, 0.15) is 0 Å². The largest absolute Gasteiger partial charge is 0.367 e. The molecule has 0 saturated carbocycles. The van der Waals surface area contributed by atoms with Gasteiger partial charge < -0.3 is 4.90 Å². The molecule has 1 heteroatoms. The minimum atomic E-state index is 0.393. The summed E-state index contributed by atoms with van der Waals surface area (Å²) in [6, 6.07) is 6.92. The highest BCUT2D eigenvalue weighted by Crippen LogP contribution is 2.38. The number of fused-ring (bicyclic) bond motifs is 1. The molecule has 72 valence electrons. The van der Waals surface area contributed by atoms with E-state index in [0.717, 1.165) is 0 Å². The second kappa shape index (κ2) is 3.04. The van der Waals surface area contributed by atoms with E-state index in [4.69, 9.17) is 0 Å². The quantitative estimate of drug-likeness (QED) is 0.562. The third kappa shape index (κ3) is 1.10. The maximum Gasteiger partial charge on any atom is 0.0590 e. The number of hydrogen-bond acceptors (Lipinski definition) is 1. The van der Waals surface area contributed by atoms with Crippen molar-refractivity contribution in [3.05, 3.63) is 41.6 Å². The zero-order valence-corrected chi connectivity index (χ0v) is 8.96. The molecule has 0 radical (unpaired) electrons. The van der Waals surface area contributed by atoms with E-state index in [1.807, 2.05) is 0 Å². The number of likely N-dealkylation sites (N-methyl/N-ethyl adjacent to an activating group) is 1. The smallest absolute Gasteiger partial charge is 0.0590 e. The maximum absolute atomic E-state index is 3.77. The Kier molecular flexibility index (Phi) is 1.98. The molecule has 1 heterocycles. The van der Waals surface area contributed by atoms with Crippen molar-refractivity contribution in [2.24, 2.45) is 0 Å². The molecule has 1 aliphatic heterocycles. The van der Waals surface area contributed by atoms with Crippen molar-refractivity contribution in [3.8, 4) is 0 Å². The van der Waals surface area contributed by atoms with Crippen LogP contribution in [0.2, 0.25) is 0 Å². The van der Waals surface area contributed by atoms with Gasteiger partial charge >= 0.3 is 0 Å². The zero-order valence-electron chi connectivity index (χ0n) is 8.96. The molecular weight excluding hydrogens is 170 g/mol. The fourth-order valence-corrected chi connectivity index (χ4v) is 2.04. The molecule has 0 spiro atoms. The lowest BCUT2D eigenvalue weighted by molar-refractivity contribution is 0.873. The first-order chi connectivity index (χ1) is 6.65. The van der Waals surface area contributed by atoms with E-state index >= 15 is 0 Å². The lowest BCUT2D eigenvalue weighted by atomic mass is 10.0. The maximum atomic E-state index is 3.77. The third-order valence-electron chi connectivity index (χ3n) is 3.01. The first kappa shape index (κ1) is 9.11. The Bertz CT molecular complexity index is 425. The molecule has 0 aromatic heterocycles. The lowest BCUT2D eigenvalue weighted by Crippen LogP contribution is -2.23. The summed E-state index contributed by atoms with van der Waals surface area (Å²) < 4.78 is 0. The number of nitrogens with zero attached hydrogens (tertiary/aromatic N) is 1. The summed E-state index contributed by atoms with van der Waals surface area (Å²) in [5.74, 6) is 0. The Labute approximate surface area is 85.4 Å². The normalized spacial score (nSPS) is 19.5. The Hall–Kier alpha value is -1.46. The Morgan fingerprint density at radius 3 is 2.79 bits per heavy atom. The van der Waals surface area contributed by atoms with Crippen molar-refractivity contribution in [2.45, 2.75) is 19.9 Å². The van der Waals surface area contributed by atoms with Gasteiger partial charge in [-0.2, -0.15) is 0 Å². The molecule has 0 fully saturated rings. The molecule has 1 nitrogen and oxygen atoms in total. The van der Waals surface area contributed by atoms with Gasteiger partial charge in [0.05, 0.1) is 6.04 Å². The van der Waals surface area contributed by atoms with Gasteiger partial charge in [0.15, 0.2) is 0 Å². The van der Waals surface area contributed by atoms with Crippen LogP contribution in [-0.2, 0) is 0 Å². The van der Waals surface area contributed by atoms with Gasteiger partial charge in [-0.3, -0.25) is 0 Å². The average molecular weight is 185 g/mol. The fraction of sp³-hybridized carbons (Fsp3) is 0.308. The van der Waals surface area contributed by atoms with Crippen LogP contribution in [0, 0.1) is 6.92 Å². The van der Waals surface area contributed by atoms with E-state index in [-0.39, 0.29) is 0 Å². The van der Waals surface area contributed by atoms with Gasteiger partial charge in [-0.25, -0.2) is 0 Å². The first-order valence-corrected chi connectivity index (χ1v) is 4.89. The van der Waals surface area contributed by atoms with Gasteiger partial charge in [0, 0.05) is 23.9 Å². The summed E-state index contributed by atoms with van der Waals surface area (Å²) in [5, 5.41) is 0. The van der Waals surface area contributed by atoms with Crippen molar-refractivity contribution in [3.63, 3.8) is 0 Å². The zero-order chi connectivity index (χ0) is 10.3. The minimum absolute atomic E-state index is 0.393. The number of anilines is 1. The molecular formula is C13H15N. The summed E-state index contributed by atoms with van der Waals surface area (Å²) in [6.07, 6.45) is 0. The van der Waals surface area contributed by atoms with Crippen LogP contribution in [0.1, 0.15) is 18.1 Å². The number of hydrogen-bond donors (Lipinski definition) is 0. The second-order valence-electron chi connectivity index (χ2n) is 3.90. The summed E-state index contributed by atoms with van der Waals surface area (Å²) in [5.41, 5.74) is 8.13. The number of aryl methyl sites for hydroxylation is 1. The molecule has 1 aliphatic rings. The fourth-order valence-electron chi connectivity index (χ4n) is 2.04. The number of benzene rings is 1.